The Balaban J connectivity index is 3.59. The van der Waals surface area contributed by atoms with Gasteiger partial charge in [-0.1, -0.05) is 102 Å². The molecule has 0 rings (SSSR count). The molecule has 0 aromatic rings. The minimum atomic E-state index is -0.335. The predicted molar refractivity (Wildman–Crippen MR) is 151 cm³/mol. The van der Waals surface area contributed by atoms with Crippen LogP contribution in [0.5, 0.6) is 0 Å². The number of hydrogen-bond donors (Lipinski definition) is 1. The summed E-state index contributed by atoms with van der Waals surface area (Å²) in [6.45, 7) is 10.8. The normalized spacial score (nSPS) is 13.7. The van der Waals surface area contributed by atoms with Crippen LogP contribution in [0.15, 0.2) is 36.5 Å². The monoisotopic (exact) mass is 477 g/mol. The van der Waals surface area contributed by atoms with E-state index in [0.717, 1.165) is 45.3 Å². The van der Waals surface area contributed by atoms with Gasteiger partial charge in [-0.25, -0.2) is 0 Å². The smallest absolute Gasteiger partial charge is 0.0799 e. The number of rotatable bonds is 25. The molecule has 0 aliphatic heterocycles. The van der Waals surface area contributed by atoms with Gasteiger partial charge in [0.2, 0.25) is 0 Å². The van der Waals surface area contributed by atoms with Gasteiger partial charge in [-0.05, 0) is 65.2 Å². The molecule has 0 aliphatic carbocycles. The van der Waals surface area contributed by atoms with Crippen molar-refractivity contribution in [1.29, 1.82) is 0 Å². The highest BCUT2D eigenvalue weighted by molar-refractivity contribution is 4.97. The maximum atomic E-state index is 6.34. The highest BCUT2D eigenvalue weighted by Gasteiger charge is 2.27. The van der Waals surface area contributed by atoms with Crippen LogP contribution in [0.1, 0.15) is 130 Å². The molecule has 0 saturated carbocycles. The second-order valence-corrected chi connectivity index (χ2v) is 10.1. The number of hydrogen-bond acceptors (Lipinski definition) is 3. The molecule has 0 fully saturated rings. The van der Waals surface area contributed by atoms with E-state index in [1.165, 1.54) is 70.6 Å². The van der Waals surface area contributed by atoms with Crippen molar-refractivity contribution in [3.05, 3.63) is 36.5 Å². The Morgan fingerprint density at radius 3 is 1.74 bits per heavy atom. The molecule has 0 aliphatic rings. The van der Waals surface area contributed by atoms with Crippen LogP contribution < -0.4 is 5.73 Å². The Bertz CT molecular complexity index is 496. The number of ether oxygens (including phenoxy) is 2. The van der Waals surface area contributed by atoms with E-state index in [-0.39, 0.29) is 11.6 Å². The minimum absolute atomic E-state index is 0.0832. The fraction of sp³-hybridized carbons (Fsp3) is 0.806. The highest BCUT2D eigenvalue weighted by Crippen LogP contribution is 2.15. The molecule has 0 radical (unpaired) electrons. The molecule has 0 bridgehead atoms. The third kappa shape index (κ3) is 22.9. The van der Waals surface area contributed by atoms with Gasteiger partial charge in [-0.2, -0.15) is 0 Å². The first-order chi connectivity index (χ1) is 16.5. The molecule has 0 heterocycles. The first-order valence-electron chi connectivity index (χ1n) is 14.5. The van der Waals surface area contributed by atoms with E-state index in [9.17, 15) is 0 Å². The van der Waals surface area contributed by atoms with E-state index in [2.05, 4.69) is 64.2 Å². The molecule has 3 heteroatoms. The average Bonchev–Trinajstić information content (AvgIpc) is 2.82. The predicted octanol–water partition coefficient (Wildman–Crippen LogP) is 9.08. The SMILES string of the molecule is CCCCC/C=C\C/C=C\C/C=C\CCCCCOC(C)(C)C(N)COCCCCCCCC. The molecule has 0 aromatic carbocycles. The lowest BCUT2D eigenvalue weighted by atomic mass is 10.00. The third-order valence-electron chi connectivity index (χ3n) is 6.34. The fourth-order valence-electron chi connectivity index (χ4n) is 3.67. The zero-order valence-corrected chi connectivity index (χ0v) is 23.4. The summed E-state index contributed by atoms with van der Waals surface area (Å²) in [5.41, 5.74) is 6.00. The molecular formula is C31H59NO2. The van der Waals surface area contributed by atoms with Crippen LogP contribution in [-0.4, -0.2) is 31.5 Å². The van der Waals surface area contributed by atoms with Gasteiger partial charge in [0.25, 0.3) is 0 Å². The van der Waals surface area contributed by atoms with Crippen molar-refractivity contribution in [2.24, 2.45) is 5.73 Å². The fourth-order valence-corrected chi connectivity index (χ4v) is 3.67. The lowest BCUT2D eigenvalue weighted by molar-refractivity contribution is -0.0566. The first-order valence-corrected chi connectivity index (χ1v) is 14.5. The van der Waals surface area contributed by atoms with Crippen LogP contribution in [0.4, 0.5) is 0 Å². The zero-order chi connectivity index (χ0) is 25.2. The Morgan fingerprint density at radius 1 is 0.618 bits per heavy atom. The van der Waals surface area contributed by atoms with Gasteiger partial charge in [-0.3, -0.25) is 0 Å². The van der Waals surface area contributed by atoms with Crippen LogP contribution in [0.25, 0.3) is 0 Å². The van der Waals surface area contributed by atoms with Crippen LogP contribution in [0, 0.1) is 0 Å². The van der Waals surface area contributed by atoms with E-state index in [1.54, 1.807) is 0 Å². The number of unbranched alkanes of at least 4 members (excludes halogenated alkanes) is 11. The number of nitrogens with two attached hydrogens (primary N) is 1. The molecule has 0 aromatic heterocycles. The molecule has 0 saturated heterocycles. The Hall–Kier alpha value is -0.900. The van der Waals surface area contributed by atoms with Crippen LogP contribution in [0.2, 0.25) is 0 Å². The first kappa shape index (κ1) is 33.1. The van der Waals surface area contributed by atoms with Crippen molar-refractivity contribution < 1.29 is 9.47 Å². The van der Waals surface area contributed by atoms with E-state index < -0.39 is 0 Å². The number of allylic oxidation sites excluding steroid dienone is 6. The largest absolute Gasteiger partial charge is 0.380 e. The Labute approximate surface area is 213 Å². The van der Waals surface area contributed by atoms with Gasteiger partial charge in [0, 0.05) is 13.2 Å². The van der Waals surface area contributed by atoms with Crippen LogP contribution in [-0.2, 0) is 9.47 Å². The maximum Gasteiger partial charge on any atom is 0.0799 e. The van der Waals surface area contributed by atoms with Gasteiger partial charge in [0.1, 0.15) is 0 Å². The van der Waals surface area contributed by atoms with E-state index in [0.29, 0.717) is 6.61 Å². The van der Waals surface area contributed by atoms with Crippen molar-refractivity contribution in [3.63, 3.8) is 0 Å². The van der Waals surface area contributed by atoms with Crippen molar-refractivity contribution in [3.8, 4) is 0 Å². The van der Waals surface area contributed by atoms with Crippen molar-refractivity contribution >= 4 is 0 Å². The lowest BCUT2D eigenvalue weighted by Gasteiger charge is -2.31. The minimum Gasteiger partial charge on any atom is -0.380 e. The second-order valence-electron chi connectivity index (χ2n) is 10.1. The van der Waals surface area contributed by atoms with Gasteiger partial charge in [0.15, 0.2) is 0 Å². The lowest BCUT2D eigenvalue weighted by Crippen LogP contribution is -2.48. The summed E-state index contributed by atoms with van der Waals surface area (Å²) in [4.78, 5) is 0. The summed E-state index contributed by atoms with van der Waals surface area (Å²) in [6, 6.07) is -0.0832. The Kier molecular flexibility index (Phi) is 24.5. The third-order valence-corrected chi connectivity index (χ3v) is 6.34. The van der Waals surface area contributed by atoms with Crippen molar-refractivity contribution in [1.82, 2.24) is 0 Å². The summed E-state index contributed by atoms with van der Waals surface area (Å²) in [6.07, 6.45) is 33.4. The van der Waals surface area contributed by atoms with Crippen molar-refractivity contribution in [2.45, 2.75) is 142 Å². The van der Waals surface area contributed by atoms with Gasteiger partial charge < -0.3 is 15.2 Å². The zero-order valence-electron chi connectivity index (χ0n) is 23.4. The standard InChI is InChI=1S/C31H59NO2/c1-5-7-9-11-13-14-15-16-17-18-19-20-21-22-24-26-28-34-31(3,4)30(32)29-33-27-25-23-12-10-8-6-2/h13-14,16-17,19-20,30H,5-12,15,18,21-29,32H2,1-4H3/b14-13-,17-16-,20-19-. The van der Waals surface area contributed by atoms with Crippen molar-refractivity contribution in [2.75, 3.05) is 19.8 Å². The van der Waals surface area contributed by atoms with Gasteiger partial charge in [-0.15, -0.1) is 0 Å². The average molecular weight is 478 g/mol. The maximum absolute atomic E-state index is 6.34. The van der Waals surface area contributed by atoms with E-state index in [4.69, 9.17) is 15.2 Å². The molecule has 0 spiro atoms. The summed E-state index contributed by atoms with van der Waals surface area (Å²) in [7, 11) is 0. The molecule has 1 atom stereocenters. The molecular weight excluding hydrogens is 418 g/mol. The van der Waals surface area contributed by atoms with Crippen LogP contribution >= 0.6 is 0 Å². The molecule has 2 N–H and O–H groups in total. The molecule has 200 valence electrons. The quantitative estimate of drug-likeness (QED) is 0.105. The summed E-state index contributed by atoms with van der Waals surface area (Å²) >= 11 is 0. The summed E-state index contributed by atoms with van der Waals surface area (Å²) < 4.78 is 11.9. The van der Waals surface area contributed by atoms with Gasteiger partial charge >= 0.3 is 0 Å². The molecule has 1 unspecified atom stereocenters. The topological polar surface area (TPSA) is 44.5 Å². The van der Waals surface area contributed by atoms with E-state index >= 15 is 0 Å². The van der Waals surface area contributed by atoms with E-state index in [1.807, 2.05) is 0 Å². The summed E-state index contributed by atoms with van der Waals surface area (Å²) in [5.74, 6) is 0. The molecule has 0 amide bonds. The molecule has 3 nitrogen and oxygen atoms in total. The highest BCUT2D eigenvalue weighted by atomic mass is 16.5. The van der Waals surface area contributed by atoms with Crippen LogP contribution in [0.3, 0.4) is 0 Å². The second kappa shape index (κ2) is 25.2. The Morgan fingerprint density at radius 2 is 1.09 bits per heavy atom. The molecule has 34 heavy (non-hydrogen) atoms. The summed E-state index contributed by atoms with van der Waals surface area (Å²) in [5, 5.41) is 0. The van der Waals surface area contributed by atoms with Gasteiger partial charge in [0.05, 0.1) is 18.2 Å².